The maximum absolute atomic E-state index is 12.0. The second-order valence-corrected chi connectivity index (χ2v) is 11.2. The zero-order valence-corrected chi connectivity index (χ0v) is 27.6. The molecule has 0 aromatic carbocycles. The minimum absolute atomic E-state index is 0.0167. The predicted octanol–water partition coefficient (Wildman–Crippen LogP) is 2.82. The van der Waals surface area contributed by atoms with Crippen molar-refractivity contribution in [3.05, 3.63) is 60.7 Å². The van der Waals surface area contributed by atoms with E-state index < -0.39 is 0 Å². The van der Waals surface area contributed by atoms with Crippen molar-refractivity contribution in [2.45, 2.75) is 27.7 Å². The molecule has 2 aliphatic heterocycles. The first-order valence-corrected chi connectivity index (χ1v) is 15.8. The fraction of sp³-hybridized carbons (Fsp3) is 0.250. The molecule has 0 unspecified atom stereocenters. The van der Waals surface area contributed by atoms with Gasteiger partial charge in [-0.05, 0) is 52.0 Å². The van der Waals surface area contributed by atoms with Crippen molar-refractivity contribution in [1.82, 2.24) is 60.3 Å². The number of hydrogen-bond donors (Lipinski definition) is 4. The largest absolute Gasteiger partial charge is 0.358 e. The highest BCUT2D eigenvalue weighted by Gasteiger charge is 2.27. The van der Waals surface area contributed by atoms with Gasteiger partial charge in [0.1, 0.15) is 24.0 Å². The summed E-state index contributed by atoms with van der Waals surface area (Å²) in [5, 5.41) is 19.3. The summed E-state index contributed by atoms with van der Waals surface area (Å²) in [6.07, 6.45) is 6.26. The molecule has 6 aromatic heterocycles. The van der Waals surface area contributed by atoms with Gasteiger partial charge in [0.15, 0.2) is 34.9 Å². The standard InChI is InChI=1S/2C16H16N8O/c2*1-3-24-13(25)7-18-15-16(24)22-12(6-17-15)10-4-5-11(21-9(10)2)14-19-8-20-23-14/h2*4-6,8H,3,7H2,1-2H3,(H,17,18)(H,19,20,23). The number of H-pyrrole nitrogens is 2. The molecule has 0 atom stereocenters. The van der Waals surface area contributed by atoms with Gasteiger partial charge in [-0.1, -0.05) is 0 Å². The van der Waals surface area contributed by atoms with Crippen LogP contribution >= 0.6 is 0 Å². The van der Waals surface area contributed by atoms with Gasteiger partial charge < -0.3 is 10.6 Å². The highest BCUT2D eigenvalue weighted by atomic mass is 16.2. The van der Waals surface area contributed by atoms with Gasteiger partial charge in [0, 0.05) is 35.6 Å². The predicted molar refractivity (Wildman–Crippen MR) is 184 cm³/mol. The smallest absolute Gasteiger partial charge is 0.247 e. The van der Waals surface area contributed by atoms with Crippen LogP contribution in [-0.2, 0) is 9.59 Å². The van der Waals surface area contributed by atoms with Gasteiger partial charge in [-0.15, -0.1) is 0 Å². The topological polar surface area (TPSA) is 225 Å². The molecule has 18 nitrogen and oxygen atoms in total. The second kappa shape index (κ2) is 13.4. The van der Waals surface area contributed by atoms with Crippen molar-refractivity contribution in [3.63, 3.8) is 0 Å². The molecule has 2 amide bonds. The molecule has 50 heavy (non-hydrogen) atoms. The number of rotatable bonds is 6. The molecule has 2 aliphatic rings. The summed E-state index contributed by atoms with van der Waals surface area (Å²) >= 11 is 0. The fourth-order valence-corrected chi connectivity index (χ4v) is 5.63. The number of pyridine rings is 2. The first-order chi connectivity index (χ1) is 24.3. The summed E-state index contributed by atoms with van der Waals surface area (Å²) in [4.78, 5) is 62.8. The number of nitrogens with zero attached hydrogens (tertiary/aromatic N) is 12. The third-order valence-electron chi connectivity index (χ3n) is 8.11. The van der Waals surface area contributed by atoms with E-state index in [4.69, 9.17) is 0 Å². The van der Waals surface area contributed by atoms with Crippen LogP contribution in [0.4, 0.5) is 23.3 Å². The number of fused-ring (bicyclic) bond motifs is 2. The number of nitrogens with one attached hydrogen (secondary N) is 4. The number of carbonyl (C=O) groups is 2. The Bertz CT molecular complexity index is 2030. The Kier molecular flexibility index (Phi) is 8.55. The number of carbonyl (C=O) groups excluding carboxylic acids is 2. The minimum atomic E-state index is -0.0167. The van der Waals surface area contributed by atoms with Crippen LogP contribution in [0.15, 0.2) is 49.3 Å². The number of aromatic amines is 2. The van der Waals surface area contributed by atoms with Gasteiger partial charge in [-0.2, -0.15) is 10.2 Å². The van der Waals surface area contributed by atoms with Crippen LogP contribution in [0.2, 0.25) is 0 Å². The summed E-state index contributed by atoms with van der Waals surface area (Å²) < 4.78 is 0. The Labute approximate surface area is 285 Å². The first kappa shape index (κ1) is 31.9. The fourth-order valence-electron chi connectivity index (χ4n) is 5.63. The Morgan fingerprint density at radius 2 is 1.04 bits per heavy atom. The Balaban J connectivity index is 0.000000157. The Hall–Kier alpha value is -6.72. The van der Waals surface area contributed by atoms with Gasteiger partial charge >= 0.3 is 0 Å². The molecule has 0 radical (unpaired) electrons. The zero-order chi connectivity index (χ0) is 34.8. The third kappa shape index (κ3) is 6.04. The van der Waals surface area contributed by atoms with Crippen molar-refractivity contribution < 1.29 is 9.59 Å². The van der Waals surface area contributed by atoms with Gasteiger partial charge in [0.25, 0.3) is 0 Å². The first-order valence-electron chi connectivity index (χ1n) is 15.8. The van der Waals surface area contributed by atoms with Crippen LogP contribution < -0.4 is 20.4 Å². The number of hydrogen-bond acceptors (Lipinski definition) is 14. The maximum atomic E-state index is 12.0. The summed E-state index contributed by atoms with van der Waals surface area (Å²) in [5.74, 6) is 3.53. The van der Waals surface area contributed by atoms with Crippen molar-refractivity contribution in [1.29, 1.82) is 0 Å². The molecule has 8 rings (SSSR count). The molecule has 0 fully saturated rings. The number of aryl methyl sites for hydroxylation is 2. The molecule has 18 heteroatoms. The lowest BCUT2D eigenvalue weighted by Gasteiger charge is -2.27. The lowest BCUT2D eigenvalue weighted by molar-refractivity contribution is -0.118. The molecule has 8 heterocycles. The van der Waals surface area contributed by atoms with E-state index in [2.05, 4.69) is 70.9 Å². The summed E-state index contributed by atoms with van der Waals surface area (Å²) in [6, 6.07) is 7.55. The van der Waals surface area contributed by atoms with Crippen LogP contribution in [0.1, 0.15) is 25.2 Å². The third-order valence-corrected chi connectivity index (χ3v) is 8.11. The van der Waals surface area contributed by atoms with Crippen molar-refractivity contribution in [2.75, 3.05) is 46.6 Å². The zero-order valence-electron chi connectivity index (χ0n) is 27.6. The number of aromatic nitrogens is 12. The summed E-state index contributed by atoms with van der Waals surface area (Å²) in [7, 11) is 0. The maximum Gasteiger partial charge on any atom is 0.247 e. The van der Waals surface area contributed by atoms with E-state index in [-0.39, 0.29) is 24.9 Å². The normalized spacial score (nSPS) is 13.5. The van der Waals surface area contributed by atoms with E-state index in [1.165, 1.54) is 12.7 Å². The van der Waals surface area contributed by atoms with E-state index in [9.17, 15) is 9.59 Å². The summed E-state index contributed by atoms with van der Waals surface area (Å²) in [5.41, 5.74) is 6.04. The molecular weight excluding hydrogens is 640 g/mol. The number of likely N-dealkylation sites (N-methyl/N-ethyl adjacent to an activating group) is 2. The molecule has 0 saturated carbocycles. The van der Waals surface area contributed by atoms with Gasteiger partial charge in [-0.25, -0.2) is 39.9 Å². The molecule has 4 N–H and O–H groups in total. The molecule has 0 bridgehead atoms. The highest BCUT2D eigenvalue weighted by molar-refractivity contribution is 6.01. The van der Waals surface area contributed by atoms with Crippen molar-refractivity contribution in [3.8, 4) is 45.6 Å². The molecule has 252 valence electrons. The van der Waals surface area contributed by atoms with E-state index >= 15 is 0 Å². The Morgan fingerprint density at radius 3 is 1.40 bits per heavy atom. The average molecular weight is 673 g/mol. The average Bonchev–Trinajstić information content (AvgIpc) is 3.88. The molecule has 6 aromatic rings. The van der Waals surface area contributed by atoms with Crippen molar-refractivity contribution in [2.24, 2.45) is 0 Å². The monoisotopic (exact) mass is 672 g/mol. The number of anilines is 4. The van der Waals surface area contributed by atoms with Crippen LogP contribution in [0.25, 0.3) is 45.6 Å². The van der Waals surface area contributed by atoms with Crippen LogP contribution in [-0.4, -0.2) is 98.3 Å². The number of amides is 2. The van der Waals surface area contributed by atoms with E-state index in [1.807, 2.05) is 52.0 Å². The SMILES string of the molecule is CCN1C(=O)CNc2ncc(-c3ccc(-c4ncn[nH]4)nc3C)nc21.CCN1C(=O)CNc2ncc(-c3ccc(-c4ncn[nH]4)nc3C)nc21. The lowest BCUT2D eigenvalue weighted by atomic mass is 10.1. The Morgan fingerprint density at radius 1 is 0.600 bits per heavy atom. The molecule has 0 saturated heterocycles. The van der Waals surface area contributed by atoms with Crippen molar-refractivity contribution >= 4 is 35.1 Å². The van der Waals surface area contributed by atoms with Crippen LogP contribution in [0.3, 0.4) is 0 Å². The van der Waals surface area contributed by atoms with Gasteiger partial charge in [-0.3, -0.25) is 29.6 Å². The van der Waals surface area contributed by atoms with E-state index in [0.29, 0.717) is 70.8 Å². The molecule has 0 spiro atoms. The van der Waals surface area contributed by atoms with E-state index in [1.54, 1.807) is 22.2 Å². The molecular formula is C32H32N16O2. The van der Waals surface area contributed by atoms with Gasteiger partial charge in [0.05, 0.1) is 36.9 Å². The second-order valence-electron chi connectivity index (χ2n) is 11.2. The lowest BCUT2D eigenvalue weighted by Crippen LogP contribution is -2.40. The highest BCUT2D eigenvalue weighted by Crippen LogP contribution is 2.31. The van der Waals surface area contributed by atoms with E-state index in [0.717, 1.165) is 22.5 Å². The quantitative estimate of drug-likeness (QED) is 0.200. The van der Waals surface area contributed by atoms with Crippen LogP contribution in [0, 0.1) is 13.8 Å². The molecule has 0 aliphatic carbocycles. The van der Waals surface area contributed by atoms with Gasteiger partial charge in [0.2, 0.25) is 11.8 Å². The minimum Gasteiger partial charge on any atom is -0.358 e. The summed E-state index contributed by atoms with van der Waals surface area (Å²) in [6.45, 7) is 9.21. The van der Waals surface area contributed by atoms with Crippen LogP contribution in [0.5, 0.6) is 0 Å².